The molecule has 0 spiro atoms. The van der Waals surface area contributed by atoms with E-state index in [4.69, 9.17) is 14.2 Å². The minimum Gasteiger partial charge on any atom is -0.462 e. The number of carbonyl (C=O) groups is 3. The molecule has 0 aromatic rings. The predicted molar refractivity (Wildman–Crippen MR) is 307 cm³/mol. The zero-order valence-electron chi connectivity index (χ0n) is 46.7. The summed E-state index contributed by atoms with van der Waals surface area (Å²) in [5.74, 6) is -0.961. The van der Waals surface area contributed by atoms with Gasteiger partial charge >= 0.3 is 17.9 Å². The van der Waals surface area contributed by atoms with E-state index >= 15 is 0 Å². The lowest BCUT2D eigenvalue weighted by molar-refractivity contribution is -0.167. The van der Waals surface area contributed by atoms with E-state index in [9.17, 15) is 14.4 Å². The van der Waals surface area contributed by atoms with Crippen molar-refractivity contribution in [3.8, 4) is 0 Å². The first kappa shape index (κ1) is 67.6. The Balaban J connectivity index is 4.46. The SMILES string of the molecule is CC/C=C\C/C=C\C/C=C\C/C=C\C/C=C\CCCC(=O)O[C@H](COC(=O)CCCCCCCCC/C=C\CCCCCCCC)COC(=O)CCCCCCCCC/C=C\CCCCCCCCCC. The Kier molecular flexibility index (Phi) is 56.3. The van der Waals surface area contributed by atoms with Crippen LogP contribution in [0.4, 0.5) is 0 Å². The standard InChI is InChI=1S/C65H112O6/c1-4-7-10-13-16-19-22-25-28-31-32-35-37-40-43-46-49-52-55-58-64(67)70-61-62(71-65(68)59-56-53-50-47-44-41-38-34-30-27-24-21-18-15-12-9-6-3)60-69-63(66)57-54-51-48-45-42-39-36-33-29-26-23-20-17-14-11-8-5-2/h9,12,18,21,26-27,29-32,38,41,47,50,62H,4-8,10-11,13-17,19-20,22-25,28,33-37,39-40,42-46,48-49,51-61H2,1-3H3/b12-9-,21-18-,29-26-,30-27-,32-31-,41-38-,50-47-/t62-/m1/s1. The van der Waals surface area contributed by atoms with Crippen LogP contribution < -0.4 is 0 Å². The fourth-order valence-electron chi connectivity index (χ4n) is 8.35. The fraction of sp³-hybridized carbons (Fsp3) is 0.738. The number of rotatable bonds is 54. The highest BCUT2D eigenvalue weighted by atomic mass is 16.6. The maximum absolute atomic E-state index is 12.9. The number of unbranched alkanes of at least 4 members (excludes halogenated alkanes) is 29. The molecule has 0 heterocycles. The van der Waals surface area contributed by atoms with Crippen LogP contribution in [0.5, 0.6) is 0 Å². The highest BCUT2D eigenvalue weighted by Gasteiger charge is 2.19. The Morgan fingerprint density at radius 1 is 0.296 bits per heavy atom. The Bertz CT molecular complexity index is 1370. The third-order valence-corrected chi connectivity index (χ3v) is 12.9. The van der Waals surface area contributed by atoms with Crippen molar-refractivity contribution >= 4 is 17.9 Å². The Morgan fingerprint density at radius 3 is 0.915 bits per heavy atom. The second kappa shape index (κ2) is 59.2. The van der Waals surface area contributed by atoms with Gasteiger partial charge in [0, 0.05) is 19.3 Å². The average Bonchev–Trinajstić information content (AvgIpc) is 3.37. The van der Waals surface area contributed by atoms with E-state index in [1.165, 1.54) is 167 Å². The van der Waals surface area contributed by atoms with Gasteiger partial charge in [-0.05, 0) is 109 Å². The topological polar surface area (TPSA) is 78.9 Å². The van der Waals surface area contributed by atoms with Gasteiger partial charge in [-0.2, -0.15) is 0 Å². The summed E-state index contributed by atoms with van der Waals surface area (Å²) in [6.07, 6.45) is 77.3. The number of allylic oxidation sites excluding steroid dienone is 14. The Hall–Kier alpha value is -3.41. The summed E-state index contributed by atoms with van der Waals surface area (Å²) in [4.78, 5) is 38.2. The third-order valence-electron chi connectivity index (χ3n) is 12.9. The Labute approximate surface area is 439 Å². The molecule has 0 saturated carbocycles. The van der Waals surface area contributed by atoms with Gasteiger partial charge in [0.25, 0.3) is 0 Å². The van der Waals surface area contributed by atoms with E-state index in [0.717, 1.165) is 77.0 Å². The number of esters is 3. The van der Waals surface area contributed by atoms with Gasteiger partial charge in [0.1, 0.15) is 13.2 Å². The van der Waals surface area contributed by atoms with Crippen LogP contribution in [0, 0.1) is 0 Å². The molecule has 0 aliphatic heterocycles. The first-order chi connectivity index (χ1) is 35.0. The van der Waals surface area contributed by atoms with Gasteiger partial charge in [0.15, 0.2) is 6.10 Å². The van der Waals surface area contributed by atoms with Crippen molar-refractivity contribution in [3.05, 3.63) is 85.1 Å². The molecule has 71 heavy (non-hydrogen) atoms. The number of hydrogen-bond acceptors (Lipinski definition) is 6. The molecule has 0 radical (unpaired) electrons. The lowest BCUT2D eigenvalue weighted by Gasteiger charge is -2.18. The molecule has 6 nitrogen and oxygen atoms in total. The molecular formula is C65H112O6. The molecule has 6 heteroatoms. The van der Waals surface area contributed by atoms with E-state index in [2.05, 4.69) is 106 Å². The fourth-order valence-corrected chi connectivity index (χ4v) is 8.35. The van der Waals surface area contributed by atoms with Gasteiger partial charge in [-0.1, -0.05) is 247 Å². The summed E-state index contributed by atoms with van der Waals surface area (Å²) in [6.45, 7) is 6.49. The van der Waals surface area contributed by atoms with Crippen molar-refractivity contribution in [3.63, 3.8) is 0 Å². The molecule has 0 rings (SSSR count). The summed E-state index contributed by atoms with van der Waals surface area (Å²) in [5.41, 5.74) is 0. The van der Waals surface area contributed by atoms with E-state index in [1.54, 1.807) is 0 Å². The van der Waals surface area contributed by atoms with Gasteiger partial charge in [-0.25, -0.2) is 0 Å². The maximum atomic E-state index is 12.9. The van der Waals surface area contributed by atoms with Gasteiger partial charge in [-0.15, -0.1) is 0 Å². The molecule has 0 aliphatic carbocycles. The molecule has 1 atom stereocenters. The minimum atomic E-state index is -0.811. The minimum absolute atomic E-state index is 0.102. The van der Waals surface area contributed by atoms with Crippen LogP contribution in [-0.2, 0) is 28.6 Å². The molecule has 0 aromatic carbocycles. The van der Waals surface area contributed by atoms with Crippen LogP contribution in [0.3, 0.4) is 0 Å². The van der Waals surface area contributed by atoms with E-state index in [1.807, 2.05) is 0 Å². The lowest BCUT2D eigenvalue weighted by Crippen LogP contribution is -2.30. The highest BCUT2D eigenvalue weighted by molar-refractivity contribution is 5.71. The molecular weight excluding hydrogens is 877 g/mol. The zero-order chi connectivity index (χ0) is 51.4. The van der Waals surface area contributed by atoms with E-state index < -0.39 is 6.10 Å². The van der Waals surface area contributed by atoms with Crippen molar-refractivity contribution in [1.82, 2.24) is 0 Å². The summed E-state index contributed by atoms with van der Waals surface area (Å²) >= 11 is 0. The highest BCUT2D eigenvalue weighted by Crippen LogP contribution is 2.15. The smallest absolute Gasteiger partial charge is 0.306 e. The number of hydrogen-bond donors (Lipinski definition) is 0. The van der Waals surface area contributed by atoms with Crippen LogP contribution in [0.25, 0.3) is 0 Å². The van der Waals surface area contributed by atoms with Crippen LogP contribution >= 0.6 is 0 Å². The predicted octanol–water partition coefficient (Wildman–Crippen LogP) is 20.3. The van der Waals surface area contributed by atoms with Crippen LogP contribution in [0.15, 0.2) is 85.1 Å². The summed E-state index contributed by atoms with van der Waals surface area (Å²) in [6, 6.07) is 0. The van der Waals surface area contributed by atoms with Crippen molar-refractivity contribution in [2.24, 2.45) is 0 Å². The monoisotopic (exact) mass is 989 g/mol. The van der Waals surface area contributed by atoms with Gasteiger partial charge in [-0.3, -0.25) is 14.4 Å². The van der Waals surface area contributed by atoms with Crippen LogP contribution in [-0.4, -0.2) is 37.2 Å². The largest absolute Gasteiger partial charge is 0.462 e. The second-order valence-corrected chi connectivity index (χ2v) is 19.9. The molecule has 408 valence electrons. The van der Waals surface area contributed by atoms with Gasteiger partial charge in [0.05, 0.1) is 0 Å². The molecule has 0 saturated heterocycles. The van der Waals surface area contributed by atoms with Crippen LogP contribution in [0.2, 0.25) is 0 Å². The molecule has 0 N–H and O–H groups in total. The van der Waals surface area contributed by atoms with Crippen molar-refractivity contribution in [1.29, 1.82) is 0 Å². The quantitative estimate of drug-likeness (QED) is 0.0261. The second-order valence-electron chi connectivity index (χ2n) is 19.9. The van der Waals surface area contributed by atoms with Gasteiger partial charge < -0.3 is 14.2 Å². The van der Waals surface area contributed by atoms with Crippen molar-refractivity contribution < 1.29 is 28.6 Å². The van der Waals surface area contributed by atoms with Crippen molar-refractivity contribution in [2.45, 2.75) is 297 Å². The molecule has 0 unspecified atom stereocenters. The lowest BCUT2D eigenvalue weighted by atomic mass is 10.1. The van der Waals surface area contributed by atoms with E-state index in [-0.39, 0.29) is 37.5 Å². The van der Waals surface area contributed by atoms with E-state index in [0.29, 0.717) is 19.3 Å². The first-order valence-electron chi connectivity index (χ1n) is 30.1. The number of ether oxygens (including phenoxy) is 3. The maximum Gasteiger partial charge on any atom is 0.306 e. The third kappa shape index (κ3) is 57.4. The van der Waals surface area contributed by atoms with Crippen molar-refractivity contribution in [2.75, 3.05) is 13.2 Å². The normalized spacial score (nSPS) is 12.7. The average molecular weight is 990 g/mol. The summed E-state index contributed by atoms with van der Waals surface area (Å²) in [7, 11) is 0. The molecule has 0 amide bonds. The summed E-state index contributed by atoms with van der Waals surface area (Å²) in [5, 5.41) is 0. The first-order valence-corrected chi connectivity index (χ1v) is 30.1. The zero-order valence-corrected chi connectivity index (χ0v) is 46.7. The molecule has 0 aliphatic rings. The molecule has 0 aromatic heterocycles. The Morgan fingerprint density at radius 2 is 0.563 bits per heavy atom. The molecule has 0 fully saturated rings. The van der Waals surface area contributed by atoms with Crippen LogP contribution in [0.1, 0.15) is 290 Å². The summed E-state index contributed by atoms with van der Waals surface area (Å²) < 4.78 is 16.8. The number of carbonyl (C=O) groups excluding carboxylic acids is 3. The van der Waals surface area contributed by atoms with Gasteiger partial charge in [0.2, 0.25) is 0 Å². The molecule has 0 bridgehead atoms.